The van der Waals surface area contributed by atoms with Gasteiger partial charge in [-0.2, -0.15) is 15.5 Å². The molecule has 0 saturated carbocycles. The van der Waals surface area contributed by atoms with Gasteiger partial charge >= 0.3 is 0 Å². The molecule has 0 spiro atoms. The molecule has 0 unspecified atom stereocenters. The Bertz CT molecular complexity index is 936. The lowest BCUT2D eigenvalue weighted by atomic mass is 10.3. The van der Waals surface area contributed by atoms with E-state index in [-0.39, 0.29) is 12.5 Å². The van der Waals surface area contributed by atoms with Crippen molar-refractivity contribution in [2.45, 2.75) is 6.54 Å². The number of hydrogen-bond donors (Lipinski definition) is 1. The number of likely N-dealkylation sites (N-methyl/N-ethyl adjacent to an activating group) is 1. The fourth-order valence-corrected chi connectivity index (χ4v) is 2.65. The summed E-state index contributed by atoms with van der Waals surface area (Å²) in [6.07, 6.45) is 5.13. The van der Waals surface area contributed by atoms with Gasteiger partial charge in [0, 0.05) is 25.4 Å². The predicted octanol–water partition coefficient (Wildman–Crippen LogP) is 1.55. The molecule has 0 atom stereocenters. The Balaban J connectivity index is 1.71. The Morgan fingerprint density at radius 1 is 1.27 bits per heavy atom. The van der Waals surface area contributed by atoms with Gasteiger partial charge in [-0.05, 0) is 19.2 Å². The summed E-state index contributed by atoms with van der Waals surface area (Å²) in [5, 5.41) is 20.4. The summed E-state index contributed by atoms with van der Waals surface area (Å²) >= 11 is 0. The van der Waals surface area contributed by atoms with Crippen LogP contribution in [0.5, 0.6) is 0 Å². The van der Waals surface area contributed by atoms with Crippen molar-refractivity contribution >= 4 is 11.7 Å². The number of nitrogens with one attached hydrogen (secondary N) is 1. The minimum Gasteiger partial charge on any atom is -0.308 e. The van der Waals surface area contributed by atoms with Crippen molar-refractivity contribution in [1.82, 2.24) is 24.5 Å². The van der Waals surface area contributed by atoms with Gasteiger partial charge in [-0.25, -0.2) is 4.68 Å². The Hall–Kier alpha value is -3.44. The van der Waals surface area contributed by atoms with E-state index in [2.05, 4.69) is 21.6 Å². The molecular weight excluding hydrogens is 330 g/mol. The summed E-state index contributed by atoms with van der Waals surface area (Å²) in [6, 6.07) is 11.4. The molecule has 0 aliphatic rings. The third kappa shape index (κ3) is 3.96. The molecule has 1 N–H and O–H groups in total. The molecular formula is C18H19N7O. The van der Waals surface area contributed by atoms with E-state index in [0.29, 0.717) is 17.9 Å². The number of benzene rings is 1. The Labute approximate surface area is 151 Å². The number of aryl methyl sites for hydroxylation is 1. The van der Waals surface area contributed by atoms with Crippen LogP contribution in [0.15, 0.2) is 48.9 Å². The van der Waals surface area contributed by atoms with Crippen LogP contribution < -0.4 is 5.32 Å². The van der Waals surface area contributed by atoms with E-state index >= 15 is 0 Å². The number of rotatable bonds is 6. The third-order valence-electron chi connectivity index (χ3n) is 3.77. The standard InChI is InChI=1S/C18H19N7O/c1-23(11-14-9-20-24(2)12-14)13-17(26)22-18-15(8-19)10-21-25(18)16-6-4-3-5-7-16/h3-7,9-10,12H,11,13H2,1-2H3,(H,22,26). The molecule has 3 aromatic rings. The molecule has 26 heavy (non-hydrogen) atoms. The first-order valence-corrected chi connectivity index (χ1v) is 8.06. The molecule has 1 amide bonds. The molecule has 8 nitrogen and oxygen atoms in total. The van der Waals surface area contributed by atoms with E-state index in [1.807, 2.05) is 55.5 Å². The molecule has 0 radical (unpaired) electrons. The van der Waals surface area contributed by atoms with Crippen molar-refractivity contribution in [2.75, 3.05) is 18.9 Å². The molecule has 8 heteroatoms. The van der Waals surface area contributed by atoms with Crippen molar-refractivity contribution in [3.63, 3.8) is 0 Å². The molecule has 0 aliphatic carbocycles. The first-order valence-electron chi connectivity index (χ1n) is 8.06. The molecule has 0 aliphatic heterocycles. The summed E-state index contributed by atoms with van der Waals surface area (Å²) < 4.78 is 3.28. The first-order chi connectivity index (χ1) is 12.6. The number of para-hydroxylation sites is 1. The van der Waals surface area contributed by atoms with Gasteiger partial charge in [-0.3, -0.25) is 14.4 Å². The zero-order chi connectivity index (χ0) is 18.5. The maximum Gasteiger partial charge on any atom is 0.239 e. The quantitative estimate of drug-likeness (QED) is 0.729. The highest BCUT2D eigenvalue weighted by Crippen LogP contribution is 2.19. The first kappa shape index (κ1) is 17.4. The lowest BCUT2D eigenvalue weighted by Gasteiger charge is -2.16. The van der Waals surface area contributed by atoms with E-state index in [4.69, 9.17) is 0 Å². The zero-order valence-electron chi connectivity index (χ0n) is 14.6. The van der Waals surface area contributed by atoms with Crippen molar-refractivity contribution < 1.29 is 4.79 Å². The molecule has 0 fully saturated rings. The largest absolute Gasteiger partial charge is 0.308 e. The average molecular weight is 349 g/mol. The summed E-state index contributed by atoms with van der Waals surface area (Å²) in [6.45, 7) is 0.782. The number of anilines is 1. The lowest BCUT2D eigenvalue weighted by molar-refractivity contribution is -0.117. The minimum atomic E-state index is -0.217. The normalized spacial score (nSPS) is 10.7. The van der Waals surface area contributed by atoms with Gasteiger partial charge in [0.1, 0.15) is 11.6 Å². The monoisotopic (exact) mass is 349 g/mol. The van der Waals surface area contributed by atoms with Crippen LogP contribution in [0.3, 0.4) is 0 Å². The van der Waals surface area contributed by atoms with Crippen molar-refractivity contribution in [1.29, 1.82) is 5.26 Å². The summed E-state index contributed by atoms with van der Waals surface area (Å²) in [5.74, 6) is 0.157. The van der Waals surface area contributed by atoms with Crippen LogP contribution in [-0.4, -0.2) is 44.0 Å². The number of aromatic nitrogens is 4. The number of nitrogens with zero attached hydrogens (tertiary/aromatic N) is 6. The number of carbonyl (C=O) groups is 1. The summed E-state index contributed by atoms with van der Waals surface area (Å²) in [7, 11) is 3.71. The predicted molar refractivity (Wildman–Crippen MR) is 96.5 cm³/mol. The van der Waals surface area contributed by atoms with E-state index < -0.39 is 0 Å². The highest BCUT2D eigenvalue weighted by Gasteiger charge is 2.16. The molecule has 3 rings (SSSR count). The van der Waals surface area contributed by atoms with Crippen molar-refractivity contribution in [2.24, 2.45) is 7.05 Å². The third-order valence-corrected chi connectivity index (χ3v) is 3.77. The highest BCUT2D eigenvalue weighted by atomic mass is 16.2. The highest BCUT2D eigenvalue weighted by molar-refractivity contribution is 5.92. The van der Waals surface area contributed by atoms with E-state index in [9.17, 15) is 10.1 Å². The van der Waals surface area contributed by atoms with Crippen LogP contribution in [-0.2, 0) is 18.4 Å². The second-order valence-corrected chi connectivity index (χ2v) is 6.01. The van der Waals surface area contributed by atoms with Crippen LogP contribution in [0, 0.1) is 11.3 Å². The molecule has 0 bridgehead atoms. The van der Waals surface area contributed by atoms with Gasteiger partial charge < -0.3 is 5.32 Å². The van der Waals surface area contributed by atoms with E-state index in [1.54, 1.807) is 15.6 Å². The minimum absolute atomic E-state index is 0.180. The fourth-order valence-electron chi connectivity index (χ4n) is 2.65. The van der Waals surface area contributed by atoms with Gasteiger partial charge in [-0.1, -0.05) is 18.2 Å². The number of amides is 1. The lowest BCUT2D eigenvalue weighted by Crippen LogP contribution is -2.30. The Morgan fingerprint density at radius 2 is 2.04 bits per heavy atom. The average Bonchev–Trinajstić information content (AvgIpc) is 3.21. The smallest absolute Gasteiger partial charge is 0.239 e. The molecule has 132 valence electrons. The van der Waals surface area contributed by atoms with Crippen molar-refractivity contribution in [3.8, 4) is 11.8 Å². The number of hydrogen-bond acceptors (Lipinski definition) is 5. The Morgan fingerprint density at radius 3 is 2.69 bits per heavy atom. The number of nitriles is 1. The maximum absolute atomic E-state index is 12.4. The molecule has 1 aromatic carbocycles. The van der Waals surface area contributed by atoms with Gasteiger partial charge in [0.25, 0.3) is 0 Å². The zero-order valence-corrected chi connectivity index (χ0v) is 14.6. The van der Waals surface area contributed by atoms with Crippen LogP contribution in [0.2, 0.25) is 0 Å². The summed E-state index contributed by atoms with van der Waals surface area (Å²) in [4.78, 5) is 14.3. The summed E-state index contributed by atoms with van der Waals surface area (Å²) in [5.41, 5.74) is 2.11. The van der Waals surface area contributed by atoms with Gasteiger partial charge in [0.05, 0.1) is 24.6 Å². The van der Waals surface area contributed by atoms with Crippen molar-refractivity contribution in [3.05, 3.63) is 60.0 Å². The fraction of sp³-hybridized carbons (Fsp3) is 0.222. The van der Waals surface area contributed by atoms with E-state index in [1.165, 1.54) is 6.20 Å². The topological polar surface area (TPSA) is 91.8 Å². The van der Waals surface area contributed by atoms with E-state index in [0.717, 1.165) is 11.3 Å². The van der Waals surface area contributed by atoms with Gasteiger partial charge in [-0.15, -0.1) is 0 Å². The second kappa shape index (κ2) is 7.63. The van der Waals surface area contributed by atoms with Crippen LogP contribution >= 0.6 is 0 Å². The second-order valence-electron chi connectivity index (χ2n) is 6.01. The van der Waals surface area contributed by atoms with Crippen LogP contribution in [0.4, 0.5) is 5.82 Å². The molecule has 2 aromatic heterocycles. The van der Waals surface area contributed by atoms with Gasteiger partial charge in [0.2, 0.25) is 5.91 Å². The van der Waals surface area contributed by atoms with Crippen LogP contribution in [0.25, 0.3) is 5.69 Å². The Kier molecular flexibility index (Phi) is 5.10. The number of carbonyl (C=O) groups excluding carboxylic acids is 1. The van der Waals surface area contributed by atoms with Gasteiger partial charge in [0.15, 0.2) is 5.82 Å². The maximum atomic E-state index is 12.4. The molecule has 2 heterocycles. The molecule has 0 saturated heterocycles. The van der Waals surface area contributed by atoms with Crippen LogP contribution in [0.1, 0.15) is 11.1 Å². The SMILES string of the molecule is CN(CC(=O)Nc1c(C#N)cnn1-c1ccccc1)Cc1cnn(C)c1.